The second-order valence-electron chi connectivity index (χ2n) is 9.60. The summed E-state index contributed by atoms with van der Waals surface area (Å²) in [5.74, 6) is 1.07. The van der Waals surface area contributed by atoms with Gasteiger partial charge in [0.1, 0.15) is 0 Å². The predicted octanol–water partition coefficient (Wildman–Crippen LogP) is 3.01. The molecule has 1 aromatic heterocycles. The number of nitrogens with zero attached hydrogens (tertiary/aromatic N) is 3. The number of piperazine rings is 1. The maximum atomic E-state index is 13.0. The van der Waals surface area contributed by atoms with Crippen LogP contribution in [0.4, 0.5) is 0 Å². The van der Waals surface area contributed by atoms with Crippen molar-refractivity contribution in [3.8, 4) is 0 Å². The van der Waals surface area contributed by atoms with E-state index in [1.165, 1.54) is 36.4 Å². The molecule has 5 nitrogen and oxygen atoms in total. The summed E-state index contributed by atoms with van der Waals surface area (Å²) in [6.45, 7) is 11.2. The van der Waals surface area contributed by atoms with E-state index in [1.54, 1.807) is 11.3 Å². The Bertz CT molecular complexity index is 645. The van der Waals surface area contributed by atoms with Crippen LogP contribution < -0.4 is 5.32 Å². The number of fused-ring (bicyclic) bond motifs is 1. The lowest BCUT2D eigenvalue weighted by atomic mass is 9.85. The zero-order valence-corrected chi connectivity index (χ0v) is 17.9. The van der Waals surface area contributed by atoms with Crippen LogP contribution in [0, 0.1) is 5.92 Å². The van der Waals surface area contributed by atoms with Gasteiger partial charge in [0.2, 0.25) is 5.91 Å². The number of carbonyl (C=O) groups is 1. The van der Waals surface area contributed by atoms with Crippen LogP contribution in [0.25, 0.3) is 0 Å². The van der Waals surface area contributed by atoms with E-state index in [9.17, 15) is 4.79 Å². The molecule has 2 saturated heterocycles. The van der Waals surface area contributed by atoms with Crippen molar-refractivity contribution in [1.82, 2.24) is 20.1 Å². The summed E-state index contributed by atoms with van der Waals surface area (Å²) in [5.41, 5.74) is 1.30. The SMILES string of the molecule is CC(C)(C)c1nc(CN2CCN(C(=O)C3CC4CCCCC4N3)CC2)cs1. The van der Waals surface area contributed by atoms with Crippen molar-refractivity contribution in [1.29, 1.82) is 0 Å². The highest BCUT2D eigenvalue weighted by atomic mass is 32.1. The second-order valence-corrected chi connectivity index (χ2v) is 10.5. The van der Waals surface area contributed by atoms with Crippen LogP contribution in [0.3, 0.4) is 0 Å². The van der Waals surface area contributed by atoms with E-state index in [0.717, 1.165) is 45.1 Å². The molecule has 0 aromatic carbocycles. The van der Waals surface area contributed by atoms with Gasteiger partial charge in [-0.2, -0.15) is 0 Å². The minimum Gasteiger partial charge on any atom is -0.339 e. The molecular weight excluding hydrogens is 356 g/mol. The molecule has 27 heavy (non-hydrogen) atoms. The molecule has 1 amide bonds. The third kappa shape index (κ3) is 4.38. The fourth-order valence-electron chi connectivity index (χ4n) is 4.81. The monoisotopic (exact) mass is 390 g/mol. The zero-order chi connectivity index (χ0) is 19.0. The summed E-state index contributed by atoms with van der Waals surface area (Å²) in [4.78, 5) is 22.3. The van der Waals surface area contributed by atoms with Crippen molar-refractivity contribution >= 4 is 17.2 Å². The number of hydrogen-bond donors (Lipinski definition) is 1. The van der Waals surface area contributed by atoms with E-state index in [4.69, 9.17) is 4.98 Å². The Hall–Kier alpha value is -0.980. The lowest BCUT2D eigenvalue weighted by molar-refractivity contribution is -0.135. The first-order valence-corrected chi connectivity index (χ1v) is 11.5. The number of hydrogen-bond acceptors (Lipinski definition) is 5. The van der Waals surface area contributed by atoms with Gasteiger partial charge >= 0.3 is 0 Å². The van der Waals surface area contributed by atoms with Gasteiger partial charge in [-0.15, -0.1) is 11.3 Å². The fourth-order valence-corrected chi connectivity index (χ4v) is 5.71. The maximum absolute atomic E-state index is 13.0. The molecule has 0 bridgehead atoms. The third-order valence-corrected chi connectivity index (χ3v) is 7.74. The van der Waals surface area contributed by atoms with Crippen LogP contribution in [0.15, 0.2) is 5.38 Å². The number of thiazole rings is 1. The van der Waals surface area contributed by atoms with E-state index >= 15 is 0 Å². The molecule has 2 aliphatic heterocycles. The van der Waals surface area contributed by atoms with E-state index in [-0.39, 0.29) is 11.5 Å². The molecule has 3 heterocycles. The highest BCUT2D eigenvalue weighted by Gasteiger charge is 2.40. The Morgan fingerprint density at radius 1 is 1.22 bits per heavy atom. The fraction of sp³-hybridized carbons (Fsp3) is 0.810. The van der Waals surface area contributed by atoms with Gasteiger partial charge in [0.15, 0.2) is 0 Å². The van der Waals surface area contributed by atoms with Crippen molar-refractivity contribution in [2.24, 2.45) is 5.92 Å². The molecule has 0 radical (unpaired) electrons. The topological polar surface area (TPSA) is 48.5 Å². The van der Waals surface area contributed by atoms with E-state index in [0.29, 0.717) is 11.9 Å². The summed E-state index contributed by atoms with van der Waals surface area (Å²) < 4.78 is 0. The van der Waals surface area contributed by atoms with E-state index in [2.05, 4.69) is 41.3 Å². The molecular formula is C21H34N4OS. The van der Waals surface area contributed by atoms with Gasteiger partial charge in [0, 0.05) is 49.6 Å². The largest absolute Gasteiger partial charge is 0.339 e. The smallest absolute Gasteiger partial charge is 0.239 e. The molecule has 0 spiro atoms. The average molecular weight is 391 g/mol. The molecule has 1 aromatic rings. The Labute approximate surface area is 167 Å². The van der Waals surface area contributed by atoms with E-state index < -0.39 is 0 Å². The summed E-state index contributed by atoms with van der Waals surface area (Å²) in [6, 6.07) is 0.660. The number of nitrogens with one attached hydrogen (secondary N) is 1. The molecule has 3 atom stereocenters. The van der Waals surface area contributed by atoms with Crippen molar-refractivity contribution in [2.75, 3.05) is 26.2 Å². The number of rotatable bonds is 3. The van der Waals surface area contributed by atoms with Gasteiger partial charge in [-0.3, -0.25) is 9.69 Å². The minimum atomic E-state index is 0.0672. The van der Waals surface area contributed by atoms with Crippen molar-refractivity contribution in [2.45, 2.75) is 76.9 Å². The summed E-state index contributed by atoms with van der Waals surface area (Å²) >= 11 is 1.77. The lowest BCUT2D eigenvalue weighted by Crippen LogP contribution is -2.53. The minimum absolute atomic E-state index is 0.0672. The van der Waals surface area contributed by atoms with Crippen LogP contribution >= 0.6 is 11.3 Å². The van der Waals surface area contributed by atoms with Crippen LogP contribution in [0.5, 0.6) is 0 Å². The van der Waals surface area contributed by atoms with Crippen molar-refractivity contribution in [3.63, 3.8) is 0 Å². The van der Waals surface area contributed by atoms with Crippen LogP contribution in [-0.4, -0.2) is 59.0 Å². The molecule has 6 heteroatoms. The molecule has 3 unspecified atom stereocenters. The maximum Gasteiger partial charge on any atom is 0.239 e. The van der Waals surface area contributed by atoms with Crippen LogP contribution in [0.2, 0.25) is 0 Å². The highest BCUT2D eigenvalue weighted by Crippen LogP contribution is 2.33. The normalized spacial score (nSPS) is 29.7. The number of amides is 1. The van der Waals surface area contributed by atoms with Crippen LogP contribution in [0.1, 0.15) is 63.6 Å². The van der Waals surface area contributed by atoms with Crippen molar-refractivity contribution < 1.29 is 4.79 Å². The first kappa shape index (κ1) is 19.3. The summed E-state index contributed by atoms with van der Waals surface area (Å²) in [7, 11) is 0. The first-order valence-electron chi connectivity index (χ1n) is 10.6. The summed E-state index contributed by atoms with van der Waals surface area (Å²) in [6.07, 6.45) is 6.28. The quantitative estimate of drug-likeness (QED) is 0.862. The second kappa shape index (κ2) is 7.80. The predicted molar refractivity (Wildman–Crippen MR) is 110 cm³/mol. The van der Waals surface area contributed by atoms with Gasteiger partial charge in [-0.25, -0.2) is 4.98 Å². The Morgan fingerprint density at radius 2 is 1.96 bits per heavy atom. The van der Waals surface area contributed by atoms with E-state index in [1.807, 2.05) is 0 Å². The number of carbonyl (C=O) groups excluding carboxylic acids is 1. The average Bonchev–Trinajstić information content (AvgIpc) is 3.28. The van der Waals surface area contributed by atoms with Gasteiger partial charge in [-0.05, 0) is 25.2 Å². The molecule has 1 saturated carbocycles. The molecule has 150 valence electrons. The molecule has 3 fully saturated rings. The Balaban J connectivity index is 1.26. The first-order chi connectivity index (χ1) is 12.9. The van der Waals surface area contributed by atoms with Gasteiger partial charge in [0.05, 0.1) is 16.7 Å². The zero-order valence-electron chi connectivity index (χ0n) is 17.0. The highest BCUT2D eigenvalue weighted by molar-refractivity contribution is 7.09. The Morgan fingerprint density at radius 3 is 2.63 bits per heavy atom. The number of aromatic nitrogens is 1. The third-order valence-electron chi connectivity index (χ3n) is 6.42. The molecule has 4 rings (SSSR count). The van der Waals surface area contributed by atoms with Gasteiger partial charge in [-0.1, -0.05) is 33.6 Å². The van der Waals surface area contributed by atoms with Crippen molar-refractivity contribution in [3.05, 3.63) is 16.1 Å². The van der Waals surface area contributed by atoms with Gasteiger partial charge < -0.3 is 10.2 Å². The molecule has 3 aliphatic rings. The van der Waals surface area contributed by atoms with Crippen LogP contribution in [-0.2, 0) is 16.8 Å². The standard InChI is InChI=1S/C21H34N4OS/c1-21(2,3)20-22-16(14-27-20)13-24-8-10-25(11-9-24)19(26)18-12-15-6-4-5-7-17(15)23-18/h14-15,17-18,23H,4-13H2,1-3H3. The molecule has 1 aliphatic carbocycles. The van der Waals surface area contributed by atoms with Gasteiger partial charge in [0.25, 0.3) is 0 Å². The Kier molecular flexibility index (Phi) is 5.59. The molecule has 1 N–H and O–H groups in total. The lowest BCUT2D eigenvalue weighted by Gasteiger charge is -2.35. The summed E-state index contributed by atoms with van der Waals surface area (Å²) in [5, 5.41) is 7.05.